The highest BCUT2D eigenvalue weighted by Gasteiger charge is 2.16. The first-order valence-corrected chi connectivity index (χ1v) is 19.5. The van der Waals surface area contributed by atoms with Gasteiger partial charge in [-0.2, -0.15) is 0 Å². The topological polar surface area (TPSA) is 90.9 Å². The van der Waals surface area contributed by atoms with Gasteiger partial charge in [0.25, 0.3) is 0 Å². The SMILES string of the molecule is CCCCCCCCCC/C=C\COC(=O)CCCC(CCCC(=O)OC/C=C\CCCCCCCCCC)OC(=O)CCCNC. The highest BCUT2D eigenvalue weighted by atomic mass is 16.5. The van der Waals surface area contributed by atoms with Gasteiger partial charge in [0.05, 0.1) is 0 Å². The number of hydrogen-bond acceptors (Lipinski definition) is 7. The van der Waals surface area contributed by atoms with E-state index in [0.29, 0.717) is 51.7 Å². The molecular weight excluding hydrogens is 590 g/mol. The lowest BCUT2D eigenvalue weighted by molar-refractivity contribution is -0.150. The van der Waals surface area contributed by atoms with Gasteiger partial charge in [-0.25, -0.2) is 0 Å². The Labute approximate surface area is 289 Å². The molecule has 0 amide bonds. The van der Waals surface area contributed by atoms with Crippen LogP contribution in [-0.2, 0) is 28.6 Å². The molecule has 47 heavy (non-hydrogen) atoms. The van der Waals surface area contributed by atoms with Crippen LogP contribution in [-0.4, -0.2) is 50.8 Å². The Morgan fingerprint density at radius 3 is 1.34 bits per heavy atom. The summed E-state index contributed by atoms with van der Waals surface area (Å²) >= 11 is 0. The van der Waals surface area contributed by atoms with Crippen LogP contribution < -0.4 is 5.32 Å². The number of allylic oxidation sites excluding steroid dienone is 2. The summed E-state index contributed by atoms with van der Waals surface area (Å²) in [5, 5.41) is 3.04. The minimum atomic E-state index is -0.323. The highest BCUT2D eigenvalue weighted by Crippen LogP contribution is 2.16. The maximum atomic E-state index is 12.4. The van der Waals surface area contributed by atoms with Gasteiger partial charge in [0.15, 0.2) is 0 Å². The average Bonchev–Trinajstić information content (AvgIpc) is 3.05. The Morgan fingerprint density at radius 2 is 0.915 bits per heavy atom. The zero-order valence-corrected chi connectivity index (χ0v) is 30.8. The summed E-state index contributed by atoms with van der Waals surface area (Å²) in [7, 11) is 1.85. The summed E-state index contributed by atoms with van der Waals surface area (Å²) in [6.07, 6.45) is 34.6. The number of carbonyl (C=O) groups is 3. The lowest BCUT2D eigenvalue weighted by Gasteiger charge is -2.18. The molecule has 0 aliphatic carbocycles. The molecule has 0 saturated heterocycles. The normalized spacial score (nSPS) is 11.6. The second kappa shape index (κ2) is 36.7. The summed E-state index contributed by atoms with van der Waals surface area (Å²) < 4.78 is 16.4. The van der Waals surface area contributed by atoms with Crippen LogP contribution in [0.1, 0.15) is 181 Å². The molecule has 0 heterocycles. The standard InChI is InChI=1S/C40H73NO6/c1-4-6-8-10-12-14-16-18-20-22-24-35-45-38(42)31-26-29-37(47-40(44)33-28-34-41-3)30-27-32-39(43)46-36-25-23-21-19-17-15-13-11-9-7-5-2/h22-25,37,41H,4-21,26-36H2,1-3H3/b24-22-,25-23-. The van der Waals surface area contributed by atoms with E-state index in [2.05, 4.69) is 31.3 Å². The first-order valence-electron chi connectivity index (χ1n) is 19.5. The quantitative estimate of drug-likeness (QED) is 0.0312. The smallest absolute Gasteiger partial charge is 0.306 e. The maximum Gasteiger partial charge on any atom is 0.306 e. The van der Waals surface area contributed by atoms with Gasteiger partial charge >= 0.3 is 17.9 Å². The third-order valence-electron chi connectivity index (χ3n) is 8.38. The van der Waals surface area contributed by atoms with Crippen LogP contribution in [0.5, 0.6) is 0 Å². The number of ether oxygens (including phenoxy) is 3. The molecule has 0 rings (SSSR count). The van der Waals surface area contributed by atoms with Crippen molar-refractivity contribution in [2.45, 2.75) is 187 Å². The van der Waals surface area contributed by atoms with Crippen molar-refractivity contribution < 1.29 is 28.6 Å². The summed E-state index contributed by atoms with van der Waals surface area (Å²) in [5.41, 5.74) is 0. The zero-order chi connectivity index (χ0) is 34.5. The fraction of sp³-hybridized carbons (Fsp3) is 0.825. The van der Waals surface area contributed by atoms with E-state index < -0.39 is 0 Å². The maximum absolute atomic E-state index is 12.4. The number of carbonyl (C=O) groups excluding carboxylic acids is 3. The van der Waals surface area contributed by atoms with Crippen LogP contribution >= 0.6 is 0 Å². The first kappa shape index (κ1) is 44.9. The molecule has 0 aromatic rings. The summed E-state index contributed by atoms with van der Waals surface area (Å²) in [4.78, 5) is 36.8. The van der Waals surface area contributed by atoms with E-state index in [4.69, 9.17) is 14.2 Å². The van der Waals surface area contributed by atoms with E-state index in [1.165, 1.54) is 103 Å². The van der Waals surface area contributed by atoms with E-state index in [0.717, 1.165) is 19.4 Å². The Bertz CT molecular complexity index is 729. The molecule has 0 unspecified atom stereocenters. The monoisotopic (exact) mass is 664 g/mol. The lowest BCUT2D eigenvalue weighted by Crippen LogP contribution is -2.20. The van der Waals surface area contributed by atoms with E-state index in [9.17, 15) is 14.4 Å². The summed E-state index contributed by atoms with van der Waals surface area (Å²) in [5.74, 6) is -0.710. The van der Waals surface area contributed by atoms with Crippen molar-refractivity contribution in [2.75, 3.05) is 26.8 Å². The van der Waals surface area contributed by atoms with Crippen LogP contribution in [0.2, 0.25) is 0 Å². The molecule has 0 aromatic heterocycles. The molecule has 0 aromatic carbocycles. The molecule has 0 spiro atoms. The van der Waals surface area contributed by atoms with Crippen LogP contribution in [0.25, 0.3) is 0 Å². The predicted molar refractivity (Wildman–Crippen MR) is 195 cm³/mol. The number of esters is 3. The molecule has 0 radical (unpaired) electrons. The molecule has 7 nitrogen and oxygen atoms in total. The number of unbranched alkanes of at least 4 members (excludes halogenated alkanes) is 16. The minimum Gasteiger partial charge on any atom is -0.462 e. The molecule has 7 heteroatoms. The van der Waals surface area contributed by atoms with Crippen LogP contribution in [0.15, 0.2) is 24.3 Å². The average molecular weight is 664 g/mol. The fourth-order valence-corrected chi connectivity index (χ4v) is 5.46. The molecule has 0 atom stereocenters. The van der Waals surface area contributed by atoms with Gasteiger partial charge in [0, 0.05) is 19.3 Å². The molecular formula is C40H73NO6. The van der Waals surface area contributed by atoms with Gasteiger partial charge in [-0.05, 0) is 71.4 Å². The summed E-state index contributed by atoms with van der Waals surface area (Å²) in [6, 6.07) is 0. The number of hydrogen-bond donors (Lipinski definition) is 1. The van der Waals surface area contributed by atoms with Crippen LogP contribution in [0.4, 0.5) is 0 Å². The van der Waals surface area contributed by atoms with Gasteiger partial charge in [-0.15, -0.1) is 0 Å². The molecule has 0 aliphatic rings. The minimum absolute atomic E-state index is 0.236. The van der Waals surface area contributed by atoms with E-state index in [1.54, 1.807) is 0 Å². The fourth-order valence-electron chi connectivity index (χ4n) is 5.46. The van der Waals surface area contributed by atoms with Gasteiger partial charge in [0.1, 0.15) is 19.3 Å². The Balaban J connectivity index is 4.16. The van der Waals surface area contributed by atoms with Crippen molar-refractivity contribution in [2.24, 2.45) is 0 Å². The molecule has 0 saturated carbocycles. The Kier molecular flexibility index (Phi) is 35.0. The van der Waals surface area contributed by atoms with Crippen molar-refractivity contribution in [3.8, 4) is 0 Å². The van der Waals surface area contributed by atoms with Gasteiger partial charge in [0.2, 0.25) is 0 Å². The van der Waals surface area contributed by atoms with Crippen molar-refractivity contribution in [3.05, 3.63) is 24.3 Å². The number of nitrogens with one attached hydrogen (secondary N) is 1. The van der Waals surface area contributed by atoms with Crippen LogP contribution in [0, 0.1) is 0 Å². The van der Waals surface area contributed by atoms with Gasteiger partial charge in [-0.1, -0.05) is 128 Å². The molecule has 0 aliphatic heterocycles. The van der Waals surface area contributed by atoms with Crippen molar-refractivity contribution in [3.63, 3.8) is 0 Å². The van der Waals surface area contributed by atoms with Crippen molar-refractivity contribution in [1.29, 1.82) is 0 Å². The second-order valence-corrected chi connectivity index (χ2v) is 12.9. The molecule has 274 valence electrons. The third kappa shape index (κ3) is 35.0. The molecule has 0 fully saturated rings. The van der Waals surface area contributed by atoms with Gasteiger partial charge < -0.3 is 19.5 Å². The van der Waals surface area contributed by atoms with E-state index in [-0.39, 0.29) is 36.9 Å². The zero-order valence-electron chi connectivity index (χ0n) is 30.8. The molecule has 0 bridgehead atoms. The lowest BCUT2D eigenvalue weighted by atomic mass is 10.1. The molecule has 1 N–H and O–H groups in total. The highest BCUT2D eigenvalue weighted by molar-refractivity contribution is 5.70. The first-order chi connectivity index (χ1) is 23.0. The Morgan fingerprint density at radius 1 is 0.511 bits per heavy atom. The largest absolute Gasteiger partial charge is 0.462 e. The van der Waals surface area contributed by atoms with Gasteiger partial charge in [-0.3, -0.25) is 14.4 Å². The predicted octanol–water partition coefficient (Wildman–Crippen LogP) is 10.5. The van der Waals surface area contributed by atoms with Crippen LogP contribution in [0.3, 0.4) is 0 Å². The summed E-state index contributed by atoms with van der Waals surface area (Å²) in [6.45, 7) is 5.84. The second-order valence-electron chi connectivity index (χ2n) is 12.9. The Hall–Kier alpha value is -2.15. The third-order valence-corrected chi connectivity index (χ3v) is 8.38. The number of rotatable bonds is 35. The van der Waals surface area contributed by atoms with E-state index in [1.807, 2.05) is 19.2 Å². The van der Waals surface area contributed by atoms with Crippen molar-refractivity contribution >= 4 is 17.9 Å². The van der Waals surface area contributed by atoms with Crippen molar-refractivity contribution in [1.82, 2.24) is 5.32 Å². The van der Waals surface area contributed by atoms with E-state index >= 15 is 0 Å².